The van der Waals surface area contributed by atoms with Gasteiger partial charge < -0.3 is 30.5 Å². The van der Waals surface area contributed by atoms with Crippen molar-refractivity contribution in [3.05, 3.63) is 59.0 Å². The highest BCUT2D eigenvalue weighted by atomic mass is 35.5. The number of hydrogen-bond acceptors (Lipinski definition) is 8. The maximum atomic E-state index is 12.8. The number of ether oxygens (including phenoxy) is 1. The van der Waals surface area contributed by atoms with Crippen molar-refractivity contribution in [2.45, 2.75) is 12.8 Å². The molecule has 1 fully saturated rings. The molecule has 192 valence electrons. The molecule has 1 aromatic carbocycles. The summed E-state index contributed by atoms with van der Waals surface area (Å²) in [6.07, 6.45) is 6.46. The number of nitrogens with one attached hydrogen (secondary N) is 3. The normalized spacial score (nSPS) is 14.8. The molecular formula is C25H27ClN8O3. The number of carbonyl (C=O) groups is 2. The standard InChI is InChI=1S/C25H27ClN8O3/c1-27-25(36)34-8-6-33(7-9-34)22(35)15-37-21-5-4-18-11-17(21)3-2-16-10-19(13-28-12-16)31-24-29-14-20(26)23(30-18)32-24/h4-5,10-14H,2-3,6-9,15H2,1H3,(H,27,36)(H2,29,30,31,32). The number of aryl methyl sites for hydroxylation is 2. The summed E-state index contributed by atoms with van der Waals surface area (Å²) in [6, 6.07) is 7.55. The van der Waals surface area contributed by atoms with Gasteiger partial charge in [-0.2, -0.15) is 4.98 Å². The Morgan fingerprint density at radius 3 is 2.65 bits per heavy atom. The lowest BCUT2D eigenvalue weighted by atomic mass is 10.0. The molecule has 5 rings (SSSR count). The maximum Gasteiger partial charge on any atom is 0.317 e. The Bertz CT molecular complexity index is 1310. The fourth-order valence-corrected chi connectivity index (χ4v) is 4.43. The van der Waals surface area contributed by atoms with E-state index in [-0.39, 0.29) is 18.5 Å². The van der Waals surface area contributed by atoms with E-state index in [1.807, 2.05) is 30.5 Å². The summed E-state index contributed by atoms with van der Waals surface area (Å²) < 4.78 is 6.01. The number of pyridine rings is 1. The number of anilines is 4. The molecule has 0 aliphatic carbocycles. The highest BCUT2D eigenvalue weighted by molar-refractivity contribution is 6.32. The highest BCUT2D eigenvalue weighted by Crippen LogP contribution is 2.30. The van der Waals surface area contributed by atoms with Crippen LogP contribution in [-0.4, -0.2) is 76.5 Å². The number of hydrogen-bond donors (Lipinski definition) is 3. The van der Waals surface area contributed by atoms with Gasteiger partial charge in [-0.15, -0.1) is 0 Å². The van der Waals surface area contributed by atoms with Gasteiger partial charge in [0, 0.05) is 45.1 Å². The topological polar surface area (TPSA) is 125 Å². The molecule has 11 nitrogen and oxygen atoms in total. The fraction of sp³-hybridized carbons (Fsp3) is 0.320. The van der Waals surface area contributed by atoms with E-state index in [2.05, 4.69) is 30.9 Å². The number of rotatable bonds is 3. The number of benzene rings is 1. The van der Waals surface area contributed by atoms with Crippen LogP contribution in [0.15, 0.2) is 42.9 Å². The first-order valence-corrected chi connectivity index (χ1v) is 12.4. The average molecular weight is 523 g/mol. The van der Waals surface area contributed by atoms with Crippen LogP contribution in [0.5, 0.6) is 5.75 Å². The number of halogens is 1. The second kappa shape index (κ2) is 10.9. The Labute approximate surface area is 219 Å². The van der Waals surface area contributed by atoms with Gasteiger partial charge in [0.15, 0.2) is 12.4 Å². The van der Waals surface area contributed by atoms with Crippen molar-refractivity contribution in [3.8, 4) is 5.75 Å². The minimum atomic E-state index is -0.131. The number of nitrogens with zero attached hydrogens (tertiary/aromatic N) is 5. The summed E-state index contributed by atoms with van der Waals surface area (Å²) in [5, 5.41) is 9.42. The SMILES string of the molecule is CNC(=O)N1CCN(C(=O)COc2ccc3cc2CCc2cncc(c2)Nc2ncc(Cl)c(n2)N3)CC1. The van der Waals surface area contributed by atoms with Crippen molar-refractivity contribution >= 4 is 46.7 Å². The van der Waals surface area contributed by atoms with E-state index in [1.54, 1.807) is 23.0 Å². The molecular weight excluding hydrogens is 496 g/mol. The van der Waals surface area contributed by atoms with Gasteiger partial charge in [-0.3, -0.25) is 9.78 Å². The van der Waals surface area contributed by atoms with Crippen LogP contribution in [-0.2, 0) is 17.6 Å². The molecule has 2 aliphatic rings. The molecule has 3 aromatic rings. The van der Waals surface area contributed by atoms with E-state index in [9.17, 15) is 9.59 Å². The van der Waals surface area contributed by atoms with Gasteiger partial charge in [-0.05, 0) is 48.2 Å². The summed E-state index contributed by atoms with van der Waals surface area (Å²) >= 11 is 6.34. The third-order valence-corrected chi connectivity index (χ3v) is 6.56. The Balaban J connectivity index is 1.33. The number of carbonyl (C=O) groups excluding carboxylic acids is 2. The molecule has 0 atom stereocenters. The van der Waals surface area contributed by atoms with E-state index < -0.39 is 0 Å². The molecule has 0 unspecified atom stereocenters. The first-order valence-electron chi connectivity index (χ1n) is 12.0. The predicted octanol–water partition coefficient (Wildman–Crippen LogP) is 2.97. The zero-order chi connectivity index (χ0) is 25.8. The highest BCUT2D eigenvalue weighted by Gasteiger charge is 2.24. The molecule has 0 radical (unpaired) electrons. The van der Waals surface area contributed by atoms with Crippen LogP contribution >= 0.6 is 11.6 Å². The van der Waals surface area contributed by atoms with Crippen LogP contribution in [0.4, 0.5) is 27.9 Å². The molecule has 2 aliphatic heterocycles. The average Bonchev–Trinajstić information content (AvgIpc) is 2.93. The van der Waals surface area contributed by atoms with Crippen LogP contribution in [0.3, 0.4) is 0 Å². The lowest BCUT2D eigenvalue weighted by Crippen LogP contribution is -2.53. The van der Waals surface area contributed by atoms with Gasteiger partial charge in [0.25, 0.3) is 5.91 Å². The van der Waals surface area contributed by atoms with Gasteiger partial charge >= 0.3 is 6.03 Å². The van der Waals surface area contributed by atoms with Crippen molar-refractivity contribution in [2.24, 2.45) is 0 Å². The Hall–Kier alpha value is -4.12. The molecule has 3 N–H and O–H groups in total. The summed E-state index contributed by atoms with van der Waals surface area (Å²) in [5.41, 5.74) is 3.53. The molecule has 2 aromatic heterocycles. The van der Waals surface area contributed by atoms with Crippen LogP contribution in [0, 0.1) is 0 Å². The summed E-state index contributed by atoms with van der Waals surface area (Å²) in [7, 11) is 1.60. The third-order valence-electron chi connectivity index (χ3n) is 6.29. The number of piperazine rings is 1. The predicted molar refractivity (Wildman–Crippen MR) is 140 cm³/mol. The van der Waals surface area contributed by atoms with E-state index in [0.717, 1.165) is 28.9 Å². The maximum absolute atomic E-state index is 12.8. The van der Waals surface area contributed by atoms with Crippen LogP contribution < -0.4 is 20.7 Å². The molecule has 1 saturated heterocycles. The zero-order valence-electron chi connectivity index (χ0n) is 20.3. The van der Waals surface area contributed by atoms with Crippen molar-refractivity contribution in [2.75, 3.05) is 50.5 Å². The molecule has 0 spiro atoms. The van der Waals surface area contributed by atoms with Gasteiger partial charge in [0.2, 0.25) is 5.95 Å². The Morgan fingerprint density at radius 2 is 1.84 bits per heavy atom. The molecule has 6 bridgehead atoms. The molecule has 3 amide bonds. The van der Waals surface area contributed by atoms with Crippen molar-refractivity contribution in [3.63, 3.8) is 0 Å². The van der Waals surface area contributed by atoms with E-state index in [1.165, 1.54) is 6.20 Å². The lowest BCUT2D eigenvalue weighted by Gasteiger charge is -2.34. The molecule has 0 saturated carbocycles. The van der Waals surface area contributed by atoms with Crippen molar-refractivity contribution in [1.82, 2.24) is 30.1 Å². The first-order chi connectivity index (χ1) is 18.0. The third kappa shape index (κ3) is 5.83. The van der Waals surface area contributed by atoms with E-state index in [4.69, 9.17) is 16.3 Å². The minimum Gasteiger partial charge on any atom is -0.483 e. The number of urea groups is 1. The number of aromatic nitrogens is 3. The van der Waals surface area contributed by atoms with E-state index >= 15 is 0 Å². The van der Waals surface area contributed by atoms with Gasteiger partial charge in [0.1, 0.15) is 10.8 Å². The molecule has 12 heteroatoms. The summed E-state index contributed by atoms with van der Waals surface area (Å²) in [5.74, 6) is 1.39. The summed E-state index contributed by atoms with van der Waals surface area (Å²) in [6.45, 7) is 1.86. The monoisotopic (exact) mass is 522 g/mol. The first kappa shape index (κ1) is 24.6. The quantitative estimate of drug-likeness (QED) is 0.479. The second-order valence-electron chi connectivity index (χ2n) is 8.76. The van der Waals surface area contributed by atoms with Crippen LogP contribution in [0.25, 0.3) is 0 Å². The van der Waals surface area contributed by atoms with Gasteiger partial charge in [-0.1, -0.05) is 11.6 Å². The van der Waals surface area contributed by atoms with Crippen LogP contribution in [0.2, 0.25) is 5.02 Å². The smallest absolute Gasteiger partial charge is 0.317 e. The fourth-order valence-electron chi connectivity index (χ4n) is 4.29. The lowest BCUT2D eigenvalue weighted by molar-refractivity contribution is -0.134. The minimum absolute atomic E-state index is 0.0815. The van der Waals surface area contributed by atoms with Crippen LogP contribution in [0.1, 0.15) is 11.1 Å². The molecule has 4 heterocycles. The van der Waals surface area contributed by atoms with Crippen molar-refractivity contribution < 1.29 is 14.3 Å². The second-order valence-corrected chi connectivity index (χ2v) is 9.16. The Morgan fingerprint density at radius 1 is 1.03 bits per heavy atom. The van der Waals surface area contributed by atoms with E-state index in [0.29, 0.717) is 55.1 Å². The van der Waals surface area contributed by atoms with Gasteiger partial charge in [0.05, 0.1) is 18.1 Å². The number of amides is 3. The molecule has 37 heavy (non-hydrogen) atoms. The largest absolute Gasteiger partial charge is 0.483 e. The summed E-state index contributed by atoms with van der Waals surface area (Å²) in [4.78, 5) is 41.1. The zero-order valence-corrected chi connectivity index (χ0v) is 21.1. The van der Waals surface area contributed by atoms with Gasteiger partial charge in [-0.25, -0.2) is 9.78 Å². The number of fused-ring (bicyclic) bond motifs is 6. The Kier molecular flexibility index (Phi) is 7.22. The van der Waals surface area contributed by atoms with Crippen molar-refractivity contribution in [1.29, 1.82) is 0 Å².